The van der Waals surface area contributed by atoms with Gasteiger partial charge in [0.25, 0.3) is 5.91 Å². The van der Waals surface area contributed by atoms with Crippen LogP contribution in [0.4, 0.5) is 5.69 Å². The summed E-state index contributed by atoms with van der Waals surface area (Å²) in [5.41, 5.74) is 3.07. The lowest BCUT2D eigenvalue weighted by molar-refractivity contribution is -0.132. The summed E-state index contributed by atoms with van der Waals surface area (Å²) in [6.45, 7) is 0.279. The number of aromatic nitrogens is 1. The van der Waals surface area contributed by atoms with E-state index in [1.807, 2.05) is 24.3 Å². The van der Waals surface area contributed by atoms with Crippen LogP contribution >= 0.6 is 0 Å². The van der Waals surface area contributed by atoms with Gasteiger partial charge in [-0.15, -0.1) is 0 Å². The Labute approximate surface area is 184 Å². The zero-order chi connectivity index (χ0) is 22.5. The molecule has 2 aromatic carbocycles. The largest absolute Gasteiger partial charge is 0.493 e. The highest BCUT2D eigenvalue weighted by molar-refractivity contribution is 6.04. The number of hydrazone groups is 1. The minimum atomic E-state index is -0.401. The minimum absolute atomic E-state index is 0.0645. The summed E-state index contributed by atoms with van der Waals surface area (Å²) in [7, 11) is 3.16. The van der Waals surface area contributed by atoms with Gasteiger partial charge in [0.2, 0.25) is 11.7 Å². The van der Waals surface area contributed by atoms with Crippen molar-refractivity contribution in [3.63, 3.8) is 0 Å². The van der Waals surface area contributed by atoms with Crippen molar-refractivity contribution in [1.82, 2.24) is 10.2 Å². The normalized spacial score (nSPS) is 13.5. The first kappa shape index (κ1) is 21.1. The first-order valence-corrected chi connectivity index (χ1v) is 9.98. The highest BCUT2D eigenvalue weighted by Gasteiger charge is 2.22. The molecule has 2 heterocycles. The smallest absolute Gasteiger partial charge is 0.294 e. The third kappa shape index (κ3) is 4.61. The molecule has 9 heteroatoms. The van der Waals surface area contributed by atoms with E-state index in [9.17, 15) is 9.59 Å². The molecule has 3 aromatic rings. The van der Waals surface area contributed by atoms with Crippen LogP contribution in [0.1, 0.15) is 34.5 Å². The summed E-state index contributed by atoms with van der Waals surface area (Å²) in [5.74, 6) is 0.884. The summed E-state index contributed by atoms with van der Waals surface area (Å²) >= 11 is 0. The number of nitrogens with one attached hydrogen (secondary N) is 1. The van der Waals surface area contributed by atoms with Crippen LogP contribution in [0.5, 0.6) is 11.5 Å². The molecule has 1 aliphatic rings. The van der Waals surface area contributed by atoms with Crippen LogP contribution in [0.15, 0.2) is 64.4 Å². The van der Waals surface area contributed by atoms with Crippen LogP contribution in [-0.4, -0.2) is 41.9 Å². The molecular weight excluding hydrogens is 412 g/mol. The van der Waals surface area contributed by atoms with Crippen LogP contribution < -0.4 is 14.8 Å². The standard InChI is InChI=1S/C23H22N4O5/c1-30-19-8-6-16(13-21(19)31-2)18-7-9-22(28)27(26-18)14-15-4-3-5-17(12-15)25-23(29)20-10-11-24-32-20/h3-6,8,10-13H,7,9,14H2,1-2H3,(H,25,29). The van der Waals surface area contributed by atoms with Gasteiger partial charge in [-0.25, -0.2) is 5.01 Å². The summed E-state index contributed by atoms with van der Waals surface area (Å²) < 4.78 is 15.5. The Morgan fingerprint density at radius 1 is 1.09 bits per heavy atom. The molecule has 0 atom stereocenters. The number of ether oxygens (including phenoxy) is 2. The summed E-state index contributed by atoms with van der Waals surface area (Å²) in [5, 5.41) is 12.3. The molecule has 0 spiro atoms. The average molecular weight is 434 g/mol. The lowest BCUT2D eigenvalue weighted by atomic mass is 10.0. The first-order chi connectivity index (χ1) is 15.6. The van der Waals surface area contributed by atoms with E-state index in [0.29, 0.717) is 30.0 Å². The Kier molecular flexibility index (Phi) is 6.16. The predicted molar refractivity (Wildman–Crippen MR) is 117 cm³/mol. The zero-order valence-corrected chi connectivity index (χ0v) is 17.7. The van der Waals surface area contributed by atoms with Gasteiger partial charge in [0.15, 0.2) is 11.5 Å². The van der Waals surface area contributed by atoms with Crippen molar-refractivity contribution in [3.05, 3.63) is 71.6 Å². The Balaban J connectivity index is 1.52. The minimum Gasteiger partial charge on any atom is -0.493 e. The number of rotatable bonds is 7. The topological polar surface area (TPSA) is 106 Å². The maximum Gasteiger partial charge on any atom is 0.294 e. The molecule has 164 valence electrons. The molecule has 4 rings (SSSR count). The predicted octanol–water partition coefficient (Wildman–Crippen LogP) is 3.47. The summed E-state index contributed by atoms with van der Waals surface area (Å²) in [4.78, 5) is 24.7. The second-order valence-electron chi connectivity index (χ2n) is 7.10. The van der Waals surface area contributed by atoms with Crippen LogP contribution in [-0.2, 0) is 11.3 Å². The molecular formula is C23H22N4O5. The molecule has 0 aliphatic carbocycles. The number of hydrogen-bond donors (Lipinski definition) is 1. The highest BCUT2D eigenvalue weighted by Crippen LogP contribution is 2.29. The fourth-order valence-corrected chi connectivity index (χ4v) is 3.39. The number of hydrogen-bond acceptors (Lipinski definition) is 7. The summed E-state index contributed by atoms with van der Waals surface area (Å²) in [6, 6.07) is 14.3. The number of methoxy groups -OCH3 is 2. The first-order valence-electron chi connectivity index (χ1n) is 9.98. The van der Waals surface area contributed by atoms with Crippen molar-refractivity contribution in [1.29, 1.82) is 0 Å². The third-order valence-electron chi connectivity index (χ3n) is 5.00. The Morgan fingerprint density at radius 2 is 1.94 bits per heavy atom. The monoisotopic (exact) mass is 434 g/mol. The molecule has 9 nitrogen and oxygen atoms in total. The van der Waals surface area contributed by atoms with Crippen LogP contribution in [0, 0.1) is 0 Å². The van der Waals surface area contributed by atoms with Gasteiger partial charge in [0.1, 0.15) is 0 Å². The molecule has 1 aromatic heterocycles. The van der Waals surface area contributed by atoms with Gasteiger partial charge in [0, 0.05) is 30.2 Å². The molecule has 0 bridgehead atoms. The molecule has 32 heavy (non-hydrogen) atoms. The van der Waals surface area contributed by atoms with E-state index in [4.69, 9.17) is 14.0 Å². The number of nitrogens with zero attached hydrogens (tertiary/aromatic N) is 3. The Hall–Kier alpha value is -4.14. The second-order valence-corrected chi connectivity index (χ2v) is 7.10. The zero-order valence-electron chi connectivity index (χ0n) is 17.7. The van der Waals surface area contributed by atoms with Gasteiger partial charge in [-0.1, -0.05) is 17.3 Å². The molecule has 0 unspecified atom stereocenters. The van der Waals surface area contributed by atoms with Crippen LogP contribution in [0.25, 0.3) is 0 Å². The fourth-order valence-electron chi connectivity index (χ4n) is 3.39. The molecule has 0 saturated heterocycles. The van der Waals surface area contributed by atoms with Gasteiger partial charge < -0.3 is 19.3 Å². The molecule has 1 aliphatic heterocycles. The summed E-state index contributed by atoms with van der Waals surface area (Å²) in [6.07, 6.45) is 2.30. The molecule has 0 radical (unpaired) electrons. The van der Waals surface area contributed by atoms with E-state index in [2.05, 4.69) is 15.6 Å². The number of benzene rings is 2. The van der Waals surface area contributed by atoms with Gasteiger partial charge in [-0.05, 0) is 35.9 Å². The van der Waals surface area contributed by atoms with Crippen LogP contribution in [0.3, 0.4) is 0 Å². The molecule has 0 fully saturated rings. The van der Waals surface area contributed by atoms with E-state index in [0.717, 1.165) is 16.8 Å². The van der Waals surface area contributed by atoms with Gasteiger partial charge in [-0.2, -0.15) is 5.10 Å². The van der Waals surface area contributed by atoms with Gasteiger partial charge in [0.05, 0.1) is 32.7 Å². The average Bonchev–Trinajstić information content (AvgIpc) is 3.35. The molecule has 1 N–H and O–H groups in total. The second kappa shape index (κ2) is 9.34. The van der Waals surface area contributed by atoms with Crippen molar-refractivity contribution < 1.29 is 23.6 Å². The van der Waals surface area contributed by atoms with Crippen molar-refractivity contribution in [3.8, 4) is 11.5 Å². The SMILES string of the molecule is COc1ccc(C2=NN(Cc3cccc(NC(=O)c4ccno4)c3)C(=O)CC2)cc1OC. The van der Waals surface area contributed by atoms with Crippen molar-refractivity contribution in [2.75, 3.05) is 19.5 Å². The number of anilines is 1. The maximum absolute atomic E-state index is 12.5. The number of amides is 2. The van der Waals surface area contributed by atoms with Crippen molar-refractivity contribution in [2.45, 2.75) is 19.4 Å². The van der Waals surface area contributed by atoms with E-state index >= 15 is 0 Å². The highest BCUT2D eigenvalue weighted by atomic mass is 16.5. The van der Waals surface area contributed by atoms with Crippen molar-refractivity contribution in [2.24, 2.45) is 5.10 Å². The number of carbonyl (C=O) groups is 2. The third-order valence-corrected chi connectivity index (χ3v) is 5.00. The lowest BCUT2D eigenvalue weighted by Crippen LogP contribution is -2.31. The van der Waals surface area contributed by atoms with Gasteiger partial charge >= 0.3 is 0 Å². The molecule has 0 saturated carbocycles. The molecule has 2 amide bonds. The quantitative estimate of drug-likeness (QED) is 0.610. The van der Waals surface area contributed by atoms with Crippen LogP contribution in [0.2, 0.25) is 0 Å². The Morgan fingerprint density at radius 3 is 2.69 bits per heavy atom. The van der Waals surface area contributed by atoms with Gasteiger partial charge in [-0.3, -0.25) is 9.59 Å². The van der Waals surface area contributed by atoms with Crippen molar-refractivity contribution >= 4 is 23.2 Å². The van der Waals surface area contributed by atoms with E-state index in [-0.39, 0.29) is 18.2 Å². The van der Waals surface area contributed by atoms with E-state index in [1.54, 1.807) is 32.4 Å². The Bertz CT molecular complexity index is 1160. The van der Waals surface area contributed by atoms with E-state index in [1.165, 1.54) is 17.3 Å². The van der Waals surface area contributed by atoms with E-state index < -0.39 is 5.91 Å². The lowest BCUT2D eigenvalue weighted by Gasteiger charge is -2.24. The fraction of sp³-hybridized carbons (Fsp3) is 0.217. The number of carbonyl (C=O) groups excluding carboxylic acids is 2. The maximum atomic E-state index is 12.5.